The standard InChI is InChI=1S/C24H38Cl2O4Si3/c1-7-16-33(6,29-31(2,3)27-19-23-12-8-21(17-25)9-13-23)30-32(4,5)28-20-24-14-10-22(18-26)11-15-24/h8-15H,7,16-20H2,1-6H3. The molecular formula is C24H38Cl2O4Si3. The van der Waals surface area contributed by atoms with Crippen molar-refractivity contribution in [2.45, 2.75) is 77.1 Å². The van der Waals surface area contributed by atoms with Gasteiger partial charge in [0.1, 0.15) is 0 Å². The molecule has 184 valence electrons. The third-order valence-corrected chi connectivity index (χ3v) is 16.2. The Morgan fingerprint density at radius 2 is 0.939 bits per heavy atom. The third-order valence-electron chi connectivity index (χ3n) is 5.15. The van der Waals surface area contributed by atoms with E-state index in [-0.39, 0.29) is 0 Å². The molecule has 0 heterocycles. The quantitative estimate of drug-likeness (QED) is 0.179. The normalized spacial score (nSPS) is 12.8. The summed E-state index contributed by atoms with van der Waals surface area (Å²) in [6, 6.07) is 17.3. The fourth-order valence-corrected chi connectivity index (χ4v) is 16.1. The summed E-state index contributed by atoms with van der Waals surface area (Å²) in [7, 11) is -7.31. The van der Waals surface area contributed by atoms with Crippen LogP contribution >= 0.6 is 23.2 Å². The van der Waals surface area contributed by atoms with E-state index < -0.39 is 25.7 Å². The van der Waals surface area contributed by atoms with E-state index >= 15 is 0 Å². The first-order valence-corrected chi connectivity index (χ1v) is 20.7. The fourth-order valence-electron chi connectivity index (χ4n) is 3.64. The van der Waals surface area contributed by atoms with Gasteiger partial charge in [0.15, 0.2) is 0 Å². The zero-order valence-electron chi connectivity index (χ0n) is 20.8. The first-order valence-electron chi connectivity index (χ1n) is 11.5. The van der Waals surface area contributed by atoms with Crippen LogP contribution in [0.2, 0.25) is 38.8 Å². The van der Waals surface area contributed by atoms with Crippen LogP contribution in [0.1, 0.15) is 35.6 Å². The van der Waals surface area contributed by atoms with Crippen molar-refractivity contribution in [2.24, 2.45) is 0 Å². The monoisotopic (exact) mass is 544 g/mol. The van der Waals surface area contributed by atoms with E-state index in [2.05, 4.69) is 63.9 Å². The van der Waals surface area contributed by atoms with Crippen LogP contribution in [-0.2, 0) is 42.1 Å². The van der Waals surface area contributed by atoms with Crippen molar-refractivity contribution >= 4 is 48.9 Å². The van der Waals surface area contributed by atoms with Crippen molar-refractivity contribution in [2.75, 3.05) is 0 Å². The second kappa shape index (κ2) is 13.0. The Labute approximate surface area is 213 Å². The second-order valence-electron chi connectivity index (χ2n) is 9.37. The Balaban J connectivity index is 1.98. The summed E-state index contributed by atoms with van der Waals surface area (Å²) in [4.78, 5) is 0. The van der Waals surface area contributed by atoms with Crippen molar-refractivity contribution in [3.8, 4) is 0 Å². The average molecular weight is 546 g/mol. The van der Waals surface area contributed by atoms with Crippen molar-refractivity contribution < 1.29 is 17.1 Å². The fraction of sp³-hybridized carbons (Fsp3) is 0.500. The van der Waals surface area contributed by atoms with Crippen LogP contribution < -0.4 is 0 Å². The molecule has 0 fully saturated rings. The summed E-state index contributed by atoms with van der Waals surface area (Å²) < 4.78 is 26.0. The topological polar surface area (TPSA) is 36.9 Å². The number of rotatable bonds is 14. The first kappa shape index (κ1) is 28.7. The lowest BCUT2D eigenvalue weighted by Gasteiger charge is -2.39. The maximum absolute atomic E-state index is 6.70. The first-order chi connectivity index (χ1) is 15.5. The number of benzene rings is 2. The van der Waals surface area contributed by atoms with Gasteiger partial charge in [-0.1, -0.05) is 61.9 Å². The molecule has 9 heteroatoms. The molecule has 2 rings (SSSR count). The largest absolute Gasteiger partial charge is 0.415 e. The minimum atomic E-state index is -2.49. The van der Waals surface area contributed by atoms with E-state index in [1.54, 1.807) is 0 Å². The summed E-state index contributed by atoms with van der Waals surface area (Å²) in [5.74, 6) is 1.03. The van der Waals surface area contributed by atoms with Crippen LogP contribution in [0.5, 0.6) is 0 Å². The molecule has 2 aromatic rings. The predicted molar refractivity (Wildman–Crippen MR) is 145 cm³/mol. The summed E-state index contributed by atoms with van der Waals surface area (Å²) >= 11 is 11.8. The van der Waals surface area contributed by atoms with Gasteiger partial charge in [-0.3, -0.25) is 0 Å². The van der Waals surface area contributed by atoms with Crippen molar-refractivity contribution in [3.63, 3.8) is 0 Å². The Morgan fingerprint density at radius 3 is 1.24 bits per heavy atom. The van der Waals surface area contributed by atoms with Crippen LogP contribution in [-0.4, -0.2) is 25.7 Å². The zero-order valence-corrected chi connectivity index (χ0v) is 25.3. The lowest BCUT2D eigenvalue weighted by molar-refractivity contribution is 0.192. The van der Waals surface area contributed by atoms with Crippen molar-refractivity contribution in [1.29, 1.82) is 0 Å². The van der Waals surface area contributed by atoms with E-state index in [0.717, 1.165) is 34.7 Å². The van der Waals surface area contributed by atoms with Gasteiger partial charge in [-0.05, 0) is 61.0 Å². The lowest BCUT2D eigenvalue weighted by Crippen LogP contribution is -2.56. The molecular weight excluding hydrogens is 507 g/mol. The van der Waals surface area contributed by atoms with Gasteiger partial charge in [-0.2, -0.15) is 0 Å². The minimum Gasteiger partial charge on any atom is -0.415 e. The Kier molecular flexibility index (Phi) is 11.3. The van der Waals surface area contributed by atoms with E-state index in [9.17, 15) is 0 Å². The van der Waals surface area contributed by atoms with E-state index in [1.165, 1.54) is 0 Å². The van der Waals surface area contributed by atoms with E-state index in [0.29, 0.717) is 25.0 Å². The van der Waals surface area contributed by atoms with Gasteiger partial charge in [0.2, 0.25) is 0 Å². The highest BCUT2D eigenvalue weighted by Gasteiger charge is 2.44. The molecule has 4 nitrogen and oxygen atoms in total. The van der Waals surface area contributed by atoms with E-state index in [4.69, 9.17) is 40.3 Å². The van der Waals surface area contributed by atoms with Gasteiger partial charge in [0, 0.05) is 11.8 Å². The number of hydrogen-bond acceptors (Lipinski definition) is 4. The van der Waals surface area contributed by atoms with Crippen LogP contribution in [0, 0.1) is 0 Å². The molecule has 0 bridgehead atoms. The molecule has 0 N–H and O–H groups in total. The molecule has 0 atom stereocenters. The predicted octanol–water partition coefficient (Wildman–Crippen LogP) is 7.82. The third kappa shape index (κ3) is 10.3. The van der Waals surface area contributed by atoms with Gasteiger partial charge in [0.25, 0.3) is 0 Å². The molecule has 0 aliphatic heterocycles. The summed E-state index contributed by atoms with van der Waals surface area (Å²) in [5, 5.41) is 0. The molecule has 0 aliphatic carbocycles. The van der Waals surface area contributed by atoms with Gasteiger partial charge < -0.3 is 17.1 Å². The van der Waals surface area contributed by atoms with Crippen molar-refractivity contribution in [1.82, 2.24) is 0 Å². The van der Waals surface area contributed by atoms with Crippen molar-refractivity contribution in [3.05, 3.63) is 70.8 Å². The average Bonchev–Trinajstić information content (AvgIpc) is 2.76. The molecule has 0 aliphatic rings. The number of hydrogen-bond donors (Lipinski definition) is 0. The molecule has 0 amide bonds. The SMILES string of the molecule is CCC[Si](C)(O[Si](C)(C)OCc1ccc(CCl)cc1)O[Si](C)(C)OCc1ccc(CCl)cc1. The van der Waals surface area contributed by atoms with Crippen LogP contribution in [0.25, 0.3) is 0 Å². The molecule has 2 aromatic carbocycles. The lowest BCUT2D eigenvalue weighted by atomic mass is 10.2. The maximum atomic E-state index is 6.70. The number of halogens is 2. The number of alkyl halides is 2. The Hall–Kier alpha value is -0.489. The van der Waals surface area contributed by atoms with Crippen LogP contribution in [0.3, 0.4) is 0 Å². The highest BCUT2D eigenvalue weighted by Crippen LogP contribution is 2.27. The van der Waals surface area contributed by atoms with Crippen LogP contribution in [0.15, 0.2) is 48.5 Å². The molecule has 0 aromatic heterocycles. The summed E-state index contributed by atoms with van der Waals surface area (Å²) in [6.45, 7) is 13.7. The molecule has 0 unspecified atom stereocenters. The molecule has 0 saturated heterocycles. The highest BCUT2D eigenvalue weighted by molar-refractivity contribution is 6.85. The molecule has 0 saturated carbocycles. The Bertz CT molecular complexity index is 780. The maximum Gasteiger partial charge on any atom is 0.323 e. The molecule has 33 heavy (non-hydrogen) atoms. The summed E-state index contributed by atoms with van der Waals surface area (Å²) in [5.41, 5.74) is 4.44. The van der Waals surface area contributed by atoms with Gasteiger partial charge in [-0.15, -0.1) is 23.2 Å². The molecule has 0 radical (unpaired) electrons. The van der Waals surface area contributed by atoms with E-state index in [1.807, 2.05) is 24.3 Å². The molecule has 0 spiro atoms. The van der Waals surface area contributed by atoms with Gasteiger partial charge in [0.05, 0.1) is 13.2 Å². The highest BCUT2D eigenvalue weighted by atomic mass is 35.5. The zero-order chi connectivity index (χ0) is 24.5. The minimum absolute atomic E-state index is 0.517. The summed E-state index contributed by atoms with van der Waals surface area (Å²) in [6.07, 6.45) is 0.997. The van der Waals surface area contributed by atoms with Crippen LogP contribution in [0.4, 0.5) is 0 Å². The smallest absolute Gasteiger partial charge is 0.323 e. The van der Waals surface area contributed by atoms with Gasteiger partial charge >= 0.3 is 25.7 Å². The van der Waals surface area contributed by atoms with Gasteiger partial charge in [-0.25, -0.2) is 0 Å². The Morgan fingerprint density at radius 1 is 0.606 bits per heavy atom. The second-order valence-corrected chi connectivity index (χ2v) is 20.5.